The predicted octanol–water partition coefficient (Wildman–Crippen LogP) is 2.80. The summed E-state index contributed by atoms with van der Waals surface area (Å²) in [6.07, 6.45) is 5.07. The molecule has 1 amide bonds. The Hall–Kier alpha value is -2.54. The fraction of sp³-hybridized carbons (Fsp3) is 0.500. The largest absolute Gasteiger partial charge is 0.485 e. The second-order valence-electron chi connectivity index (χ2n) is 8.07. The highest BCUT2D eigenvalue weighted by atomic mass is 19.1. The fourth-order valence-electron chi connectivity index (χ4n) is 4.19. The number of hydrogen-bond donors (Lipinski definition) is 1. The van der Waals surface area contributed by atoms with E-state index in [9.17, 15) is 9.18 Å². The van der Waals surface area contributed by atoms with Gasteiger partial charge in [-0.3, -0.25) is 14.7 Å². The van der Waals surface area contributed by atoms with E-state index in [4.69, 9.17) is 4.74 Å². The molecule has 29 heavy (non-hydrogen) atoms. The molecule has 2 aliphatic rings. The lowest BCUT2D eigenvalue weighted by Gasteiger charge is -2.31. The summed E-state index contributed by atoms with van der Waals surface area (Å²) in [5.74, 6) is -0.0966. The number of likely N-dealkylation sites (tertiary alicyclic amines) is 1. The number of halogens is 1. The van der Waals surface area contributed by atoms with Crippen LogP contribution in [0.15, 0.2) is 18.3 Å². The molecule has 7 heteroatoms. The van der Waals surface area contributed by atoms with E-state index in [1.54, 1.807) is 6.20 Å². The Labute approximate surface area is 170 Å². The Balaban J connectivity index is 1.45. The third-order valence-electron chi connectivity index (χ3n) is 5.78. The molecule has 0 bridgehead atoms. The number of aryl methyl sites for hydroxylation is 2. The highest BCUT2D eigenvalue weighted by molar-refractivity contribution is 5.81. The second-order valence-corrected chi connectivity index (χ2v) is 8.07. The van der Waals surface area contributed by atoms with Crippen LogP contribution in [0.3, 0.4) is 0 Å². The van der Waals surface area contributed by atoms with Crippen LogP contribution in [0.25, 0.3) is 11.3 Å². The van der Waals surface area contributed by atoms with Crippen LogP contribution < -0.4 is 10.1 Å². The van der Waals surface area contributed by atoms with Gasteiger partial charge in [0.25, 0.3) is 0 Å². The van der Waals surface area contributed by atoms with Crippen LogP contribution in [-0.4, -0.2) is 53.1 Å². The molecule has 3 heterocycles. The Bertz CT molecular complexity index is 933. The molecule has 0 saturated carbocycles. The Morgan fingerprint density at radius 2 is 2.17 bits per heavy atom. The molecular weight excluding hydrogens is 371 g/mol. The van der Waals surface area contributed by atoms with E-state index in [0.29, 0.717) is 24.2 Å². The molecule has 1 saturated heterocycles. The minimum atomic E-state index is -0.402. The minimum Gasteiger partial charge on any atom is -0.485 e. The van der Waals surface area contributed by atoms with E-state index in [-0.39, 0.29) is 23.8 Å². The summed E-state index contributed by atoms with van der Waals surface area (Å²) in [4.78, 5) is 23.5. The summed E-state index contributed by atoms with van der Waals surface area (Å²) in [5, 5.41) is 2.99. The lowest BCUT2D eigenvalue weighted by molar-refractivity contribution is -0.127. The Morgan fingerprint density at radius 3 is 2.97 bits per heavy atom. The number of rotatable bonds is 4. The van der Waals surface area contributed by atoms with Crippen molar-refractivity contribution in [2.24, 2.45) is 0 Å². The molecule has 2 aromatic rings. The number of fused-ring (bicyclic) bond motifs is 1. The summed E-state index contributed by atoms with van der Waals surface area (Å²) in [7, 11) is 1.98. The lowest BCUT2D eigenvalue weighted by Crippen LogP contribution is -2.49. The number of nitrogens with zero attached hydrogens (tertiary/aromatic N) is 3. The minimum absolute atomic E-state index is 0.0265. The fourth-order valence-corrected chi connectivity index (χ4v) is 4.19. The van der Waals surface area contributed by atoms with Crippen molar-refractivity contribution in [1.82, 2.24) is 20.2 Å². The molecule has 2 aliphatic heterocycles. The average molecular weight is 398 g/mol. The first kappa shape index (κ1) is 19.8. The van der Waals surface area contributed by atoms with Crippen molar-refractivity contribution in [3.8, 4) is 17.0 Å². The first-order valence-electron chi connectivity index (χ1n) is 10.2. The summed E-state index contributed by atoms with van der Waals surface area (Å²) in [6, 6.07) is 3.29. The summed E-state index contributed by atoms with van der Waals surface area (Å²) < 4.78 is 20.5. The normalized spacial score (nSPS) is 21.5. The molecule has 0 spiro atoms. The Morgan fingerprint density at radius 1 is 1.34 bits per heavy atom. The van der Waals surface area contributed by atoms with Gasteiger partial charge in [0.1, 0.15) is 6.10 Å². The van der Waals surface area contributed by atoms with Crippen LogP contribution in [0, 0.1) is 19.7 Å². The highest BCUT2D eigenvalue weighted by Crippen LogP contribution is 2.36. The van der Waals surface area contributed by atoms with Crippen LogP contribution in [0.4, 0.5) is 4.39 Å². The van der Waals surface area contributed by atoms with Gasteiger partial charge in [-0.2, -0.15) is 0 Å². The van der Waals surface area contributed by atoms with Gasteiger partial charge in [-0.05, 0) is 52.4 Å². The van der Waals surface area contributed by atoms with Gasteiger partial charge in [-0.1, -0.05) is 6.42 Å². The number of benzene rings is 1. The van der Waals surface area contributed by atoms with E-state index in [1.165, 1.54) is 6.07 Å². The third kappa shape index (κ3) is 4.10. The number of carbonyl (C=O) groups is 1. The molecular formula is C22H27FN4O2. The number of ether oxygens (including phenoxy) is 1. The topological polar surface area (TPSA) is 67.4 Å². The second kappa shape index (κ2) is 8.06. The molecule has 1 N–H and O–H groups in total. The first-order valence-corrected chi connectivity index (χ1v) is 10.2. The lowest BCUT2D eigenvalue weighted by atomic mass is 10.0. The van der Waals surface area contributed by atoms with Crippen LogP contribution in [-0.2, 0) is 11.2 Å². The van der Waals surface area contributed by atoms with Crippen LogP contribution in [0.2, 0.25) is 0 Å². The summed E-state index contributed by atoms with van der Waals surface area (Å²) in [6.45, 7) is 5.05. The molecule has 6 nitrogen and oxygen atoms in total. The van der Waals surface area contributed by atoms with Crippen molar-refractivity contribution in [2.75, 3.05) is 20.1 Å². The van der Waals surface area contributed by atoms with Crippen molar-refractivity contribution in [2.45, 2.75) is 51.7 Å². The maximum atomic E-state index is 14.7. The molecule has 0 radical (unpaired) electrons. The number of carbonyl (C=O) groups excluding carboxylic acids is 1. The van der Waals surface area contributed by atoms with Crippen molar-refractivity contribution in [3.63, 3.8) is 0 Å². The van der Waals surface area contributed by atoms with Crippen LogP contribution in [0.1, 0.15) is 36.2 Å². The zero-order chi connectivity index (χ0) is 20.5. The van der Waals surface area contributed by atoms with Gasteiger partial charge in [0.05, 0.1) is 29.7 Å². The quantitative estimate of drug-likeness (QED) is 0.858. The van der Waals surface area contributed by atoms with Gasteiger partial charge in [0.15, 0.2) is 11.6 Å². The van der Waals surface area contributed by atoms with Gasteiger partial charge in [0.2, 0.25) is 5.91 Å². The molecule has 154 valence electrons. The number of aromatic nitrogens is 2. The van der Waals surface area contributed by atoms with Gasteiger partial charge < -0.3 is 10.1 Å². The van der Waals surface area contributed by atoms with Crippen LogP contribution in [0.5, 0.6) is 5.75 Å². The number of nitrogens with one attached hydrogen (secondary N) is 1. The molecule has 1 fully saturated rings. The van der Waals surface area contributed by atoms with E-state index in [2.05, 4.69) is 20.2 Å². The van der Waals surface area contributed by atoms with E-state index in [1.807, 2.05) is 27.0 Å². The summed E-state index contributed by atoms with van der Waals surface area (Å²) in [5.41, 5.74) is 3.73. The Kier molecular flexibility index (Phi) is 5.50. The third-order valence-corrected chi connectivity index (χ3v) is 5.78. The molecule has 2 atom stereocenters. The maximum absolute atomic E-state index is 14.7. The molecule has 4 rings (SSSR count). The zero-order valence-corrected chi connectivity index (χ0v) is 17.2. The SMILES string of the molecule is Cc1cnc(C)c(-c2cc(F)c3c(c2)C[C@@H](CNC(=O)[C@@H]2CCCCN2C)O3)n1. The highest BCUT2D eigenvalue weighted by Gasteiger charge is 2.30. The van der Waals surface area contributed by atoms with E-state index in [0.717, 1.165) is 42.8 Å². The van der Waals surface area contributed by atoms with E-state index < -0.39 is 5.82 Å². The number of likely N-dealkylation sites (N-methyl/N-ethyl adjacent to an activating group) is 1. The molecule has 0 aliphatic carbocycles. The van der Waals surface area contributed by atoms with Gasteiger partial charge >= 0.3 is 0 Å². The average Bonchev–Trinajstić information content (AvgIpc) is 3.12. The zero-order valence-electron chi connectivity index (χ0n) is 17.2. The van der Waals surface area contributed by atoms with Crippen molar-refractivity contribution < 1.29 is 13.9 Å². The van der Waals surface area contributed by atoms with E-state index >= 15 is 0 Å². The predicted molar refractivity (Wildman–Crippen MR) is 108 cm³/mol. The van der Waals surface area contributed by atoms with Gasteiger partial charge in [0, 0.05) is 23.7 Å². The number of amides is 1. The van der Waals surface area contributed by atoms with Crippen LogP contribution >= 0.6 is 0 Å². The smallest absolute Gasteiger partial charge is 0.237 e. The van der Waals surface area contributed by atoms with Crippen molar-refractivity contribution >= 4 is 5.91 Å². The summed E-state index contributed by atoms with van der Waals surface area (Å²) >= 11 is 0. The standard InChI is InChI=1S/C22H27FN4O2/c1-13-11-24-14(2)20(26-13)15-8-16-9-17(29-21(16)18(23)10-15)12-25-22(28)19-6-4-5-7-27(19)3/h8,10-11,17,19H,4-7,9,12H2,1-3H3,(H,25,28)/t17-,19-/m0/s1. The van der Waals surface area contributed by atoms with Crippen molar-refractivity contribution in [1.29, 1.82) is 0 Å². The number of piperidine rings is 1. The van der Waals surface area contributed by atoms with Gasteiger partial charge in [-0.15, -0.1) is 0 Å². The number of hydrogen-bond acceptors (Lipinski definition) is 5. The first-order chi connectivity index (χ1) is 13.9. The van der Waals surface area contributed by atoms with Gasteiger partial charge in [-0.25, -0.2) is 9.37 Å². The molecule has 0 unspecified atom stereocenters. The molecule has 1 aromatic carbocycles. The maximum Gasteiger partial charge on any atom is 0.237 e. The molecule has 1 aromatic heterocycles. The monoisotopic (exact) mass is 398 g/mol. The van der Waals surface area contributed by atoms with Crippen molar-refractivity contribution in [3.05, 3.63) is 41.1 Å².